The van der Waals surface area contributed by atoms with Gasteiger partial charge in [-0.05, 0) is 36.6 Å². The highest BCUT2D eigenvalue weighted by Crippen LogP contribution is 2.24. The van der Waals surface area contributed by atoms with Gasteiger partial charge in [0.1, 0.15) is 0 Å². The minimum Gasteiger partial charge on any atom is -0.405 e. The molecule has 2 heterocycles. The van der Waals surface area contributed by atoms with E-state index in [1.54, 1.807) is 10.6 Å². The number of nitrogens with zero attached hydrogens (tertiary/aromatic N) is 4. The van der Waals surface area contributed by atoms with Crippen molar-refractivity contribution in [1.29, 1.82) is 0 Å². The molecule has 0 bridgehead atoms. The van der Waals surface area contributed by atoms with E-state index in [4.69, 9.17) is 15.7 Å². The Morgan fingerprint density at radius 1 is 1.29 bits per heavy atom. The molecular formula is C21H31N7. The number of rotatable bonds is 8. The van der Waals surface area contributed by atoms with Crippen LogP contribution in [0.2, 0.25) is 0 Å². The SMILES string of the molecule is C=C(/C=C\C=C\N)CNc1nc(NC2CCCCC2)nc2c(C(C)C)cnn12. The Morgan fingerprint density at radius 3 is 2.79 bits per heavy atom. The summed E-state index contributed by atoms with van der Waals surface area (Å²) in [5.74, 6) is 1.67. The van der Waals surface area contributed by atoms with E-state index >= 15 is 0 Å². The van der Waals surface area contributed by atoms with Crippen LogP contribution in [0, 0.1) is 0 Å². The van der Waals surface area contributed by atoms with Crippen molar-refractivity contribution >= 4 is 17.5 Å². The number of aromatic nitrogens is 4. The predicted molar refractivity (Wildman–Crippen MR) is 115 cm³/mol. The van der Waals surface area contributed by atoms with Gasteiger partial charge < -0.3 is 16.4 Å². The number of nitrogens with two attached hydrogens (primary N) is 1. The summed E-state index contributed by atoms with van der Waals surface area (Å²) in [5, 5.41) is 11.4. The molecule has 28 heavy (non-hydrogen) atoms. The Bertz CT molecular complexity index is 857. The second-order valence-corrected chi connectivity index (χ2v) is 7.60. The third-order valence-corrected chi connectivity index (χ3v) is 4.98. The molecule has 3 rings (SSSR count). The zero-order chi connectivity index (χ0) is 19.9. The van der Waals surface area contributed by atoms with E-state index in [0.717, 1.165) is 16.8 Å². The molecule has 0 saturated heterocycles. The highest BCUT2D eigenvalue weighted by Gasteiger charge is 2.18. The first kappa shape index (κ1) is 19.9. The summed E-state index contributed by atoms with van der Waals surface area (Å²) >= 11 is 0. The molecule has 2 aromatic heterocycles. The van der Waals surface area contributed by atoms with E-state index < -0.39 is 0 Å². The molecule has 150 valence electrons. The molecule has 0 amide bonds. The zero-order valence-electron chi connectivity index (χ0n) is 16.9. The molecule has 0 radical (unpaired) electrons. The fourth-order valence-corrected chi connectivity index (χ4v) is 3.42. The largest absolute Gasteiger partial charge is 0.405 e. The summed E-state index contributed by atoms with van der Waals surface area (Å²) in [6.45, 7) is 8.92. The Balaban J connectivity index is 1.85. The number of nitrogens with one attached hydrogen (secondary N) is 2. The van der Waals surface area contributed by atoms with E-state index in [2.05, 4.69) is 36.2 Å². The van der Waals surface area contributed by atoms with Gasteiger partial charge in [-0.1, -0.05) is 51.8 Å². The van der Waals surface area contributed by atoms with Gasteiger partial charge >= 0.3 is 0 Å². The van der Waals surface area contributed by atoms with Gasteiger partial charge in [-0.15, -0.1) is 0 Å². The van der Waals surface area contributed by atoms with E-state index in [0.29, 0.717) is 30.4 Å². The van der Waals surface area contributed by atoms with Crippen LogP contribution in [0.4, 0.5) is 11.9 Å². The number of hydrogen-bond acceptors (Lipinski definition) is 6. The van der Waals surface area contributed by atoms with Gasteiger partial charge in [0.2, 0.25) is 11.9 Å². The molecule has 2 aromatic rings. The molecule has 1 aliphatic carbocycles. The number of hydrogen-bond donors (Lipinski definition) is 3. The summed E-state index contributed by atoms with van der Waals surface area (Å²) in [7, 11) is 0. The molecule has 1 saturated carbocycles. The fraction of sp³-hybridized carbons (Fsp3) is 0.476. The van der Waals surface area contributed by atoms with E-state index in [1.807, 2.05) is 18.3 Å². The molecule has 4 N–H and O–H groups in total. The van der Waals surface area contributed by atoms with Gasteiger partial charge in [-0.3, -0.25) is 0 Å². The van der Waals surface area contributed by atoms with Gasteiger partial charge in [0.05, 0.1) is 6.20 Å². The molecule has 0 atom stereocenters. The van der Waals surface area contributed by atoms with Crippen LogP contribution in [-0.2, 0) is 0 Å². The summed E-state index contributed by atoms with van der Waals surface area (Å²) < 4.78 is 1.78. The summed E-state index contributed by atoms with van der Waals surface area (Å²) in [6.07, 6.45) is 15.1. The first-order chi connectivity index (χ1) is 13.6. The number of allylic oxidation sites excluding steroid dienone is 2. The standard InChI is InChI=1S/C21H31N7/c1-15(2)18-14-24-28-19(18)26-20(25-17-10-5-4-6-11-17)27-21(28)23-13-16(3)9-7-8-12-22/h7-9,12,14-15,17H,3-6,10-11,13,22H2,1-2H3,(H2,23,25,26,27)/b9-7-,12-8+. The van der Waals surface area contributed by atoms with Crippen molar-refractivity contribution in [2.75, 3.05) is 17.2 Å². The van der Waals surface area contributed by atoms with Crippen LogP contribution >= 0.6 is 0 Å². The summed E-state index contributed by atoms with van der Waals surface area (Å²) in [6, 6.07) is 0.440. The maximum Gasteiger partial charge on any atom is 0.229 e. The van der Waals surface area contributed by atoms with E-state index in [9.17, 15) is 0 Å². The van der Waals surface area contributed by atoms with E-state index in [1.165, 1.54) is 38.3 Å². The van der Waals surface area contributed by atoms with Crippen molar-refractivity contribution in [3.63, 3.8) is 0 Å². The summed E-state index contributed by atoms with van der Waals surface area (Å²) in [5.41, 5.74) is 8.23. The quantitative estimate of drug-likeness (QED) is 0.599. The lowest BCUT2D eigenvalue weighted by Crippen LogP contribution is -2.24. The monoisotopic (exact) mass is 381 g/mol. The van der Waals surface area contributed by atoms with Crippen LogP contribution in [0.15, 0.2) is 42.8 Å². The molecule has 0 spiro atoms. The minimum absolute atomic E-state index is 0.337. The first-order valence-electron chi connectivity index (χ1n) is 10.1. The third-order valence-electron chi connectivity index (χ3n) is 4.98. The van der Waals surface area contributed by atoms with Crippen molar-refractivity contribution in [3.8, 4) is 0 Å². The number of anilines is 2. The van der Waals surface area contributed by atoms with Gasteiger partial charge in [0, 0.05) is 18.2 Å². The second kappa shape index (κ2) is 9.39. The Hall–Kier alpha value is -2.83. The second-order valence-electron chi connectivity index (χ2n) is 7.60. The van der Waals surface area contributed by atoms with Crippen molar-refractivity contribution < 1.29 is 0 Å². The minimum atomic E-state index is 0.337. The topological polar surface area (TPSA) is 93.2 Å². The van der Waals surface area contributed by atoms with Crippen molar-refractivity contribution in [2.45, 2.75) is 57.9 Å². The molecule has 0 aromatic carbocycles. The lowest BCUT2D eigenvalue weighted by molar-refractivity contribution is 0.461. The van der Waals surface area contributed by atoms with Crippen molar-refractivity contribution in [2.24, 2.45) is 5.73 Å². The third kappa shape index (κ3) is 4.91. The zero-order valence-corrected chi connectivity index (χ0v) is 16.9. The highest BCUT2D eigenvalue weighted by atomic mass is 15.4. The van der Waals surface area contributed by atoms with Gasteiger partial charge in [0.15, 0.2) is 5.65 Å². The van der Waals surface area contributed by atoms with Gasteiger partial charge in [0.25, 0.3) is 0 Å². The fourth-order valence-electron chi connectivity index (χ4n) is 3.42. The molecule has 1 aliphatic rings. The molecular weight excluding hydrogens is 350 g/mol. The van der Waals surface area contributed by atoms with Gasteiger partial charge in [-0.2, -0.15) is 19.6 Å². The molecule has 0 aliphatic heterocycles. The Kier molecular flexibility index (Phi) is 6.68. The first-order valence-corrected chi connectivity index (χ1v) is 10.1. The molecule has 7 heteroatoms. The maximum absolute atomic E-state index is 5.35. The van der Waals surface area contributed by atoms with Crippen molar-refractivity contribution in [3.05, 3.63) is 48.3 Å². The van der Waals surface area contributed by atoms with Gasteiger partial charge in [-0.25, -0.2) is 0 Å². The lowest BCUT2D eigenvalue weighted by Gasteiger charge is -2.23. The summed E-state index contributed by atoms with van der Waals surface area (Å²) in [4.78, 5) is 9.48. The lowest BCUT2D eigenvalue weighted by atomic mass is 9.96. The molecule has 0 unspecified atom stereocenters. The van der Waals surface area contributed by atoms with Crippen LogP contribution < -0.4 is 16.4 Å². The van der Waals surface area contributed by atoms with Crippen LogP contribution in [0.25, 0.3) is 5.65 Å². The predicted octanol–water partition coefficient (Wildman–Crippen LogP) is 3.99. The Labute approximate surface area is 166 Å². The molecule has 7 nitrogen and oxygen atoms in total. The van der Waals surface area contributed by atoms with Crippen LogP contribution in [0.1, 0.15) is 57.4 Å². The normalized spacial score (nSPS) is 15.8. The maximum atomic E-state index is 5.35. The Morgan fingerprint density at radius 2 is 2.07 bits per heavy atom. The average Bonchev–Trinajstić information content (AvgIpc) is 3.11. The smallest absolute Gasteiger partial charge is 0.229 e. The van der Waals surface area contributed by atoms with Crippen molar-refractivity contribution in [1.82, 2.24) is 19.6 Å². The average molecular weight is 382 g/mol. The van der Waals surface area contributed by atoms with Crippen LogP contribution in [0.3, 0.4) is 0 Å². The van der Waals surface area contributed by atoms with Crippen LogP contribution in [0.5, 0.6) is 0 Å². The molecule has 1 fully saturated rings. The number of fused-ring (bicyclic) bond motifs is 1. The highest BCUT2D eigenvalue weighted by molar-refractivity contribution is 5.56. The van der Waals surface area contributed by atoms with Crippen LogP contribution in [-0.4, -0.2) is 32.2 Å². The van der Waals surface area contributed by atoms with E-state index in [-0.39, 0.29) is 0 Å².